The van der Waals surface area contributed by atoms with E-state index in [2.05, 4.69) is 31.4 Å². The maximum absolute atomic E-state index is 11.9. The van der Waals surface area contributed by atoms with E-state index in [1.807, 2.05) is 24.3 Å². The van der Waals surface area contributed by atoms with E-state index in [1.54, 1.807) is 0 Å². The number of benzene rings is 1. The molecule has 3 rings (SSSR count). The number of hydrogen-bond donors (Lipinski definition) is 2. The molecule has 1 aromatic heterocycles. The average molecular weight is 442 g/mol. The number of nitrogens with two attached hydrogens (primary N) is 1. The Hall–Kier alpha value is -1.78. The molecular weight excluding hydrogens is 422 g/mol. The molecule has 0 radical (unpaired) electrons. The van der Waals surface area contributed by atoms with Crippen molar-refractivity contribution >= 4 is 33.6 Å². The van der Waals surface area contributed by atoms with Crippen LogP contribution in [-0.2, 0) is 16.1 Å². The molecule has 0 unspecified atom stereocenters. The largest absolute Gasteiger partial charge is 0.485 e. The number of carbonyl (C=O) groups excluding carboxylic acids is 1. The number of nitrogens with zero attached hydrogens (tertiary/aromatic N) is 3. The third-order valence-electron chi connectivity index (χ3n) is 3.78. The number of halogens is 1. The van der Waals surface area contributed by atoms with Crippen molar-refractivity contribution < 1.29 is 14.3 Å². The van der Waals surface area contributed by atoms with Gasteiger partial charge in [-0.2, -0.15) is 0 Å². The van der Waals surface area contributed by atoms with E-state index < -0.39 is 0 Å². The monoisotopic (exact) mass is 441 g/mol. The minimum absolute atomic E-state index is 0.0829. The predicted molar refractivity (Wildman–Crippen MR) is 101 cm³/mol. The van der Waals surface area contributed by atoms with Gasteiger partial charge in [0.15, 0.2) is 5.82 Å². The Morgan fingerprint density at radius 3 is 3.15 bits per heavy atom. The highest BCUT2D eigenvalue weighted by atomic mass is 79.9. The lowest BCUT2D eigenvalue weighted by atomic mass is 10.2. The lowest BCUT2D eigenvalue weighted by molar-refractivity contribution is -0.119. The number of rotatable bonds is 8. The van der Waals surface area contributed by atoms with Gasteiger partial charge in [-0.25, -0.2) is 4.68 Å². The maximum Gasteiger partial charge on any atom is 0.230 e. The van der Waals surface area contributed by atoms with E-state index in [4.69, 9.17) is 15.3 Å². The Kier molecular flexibility index (Phi) is 6.75. The van der Waals surface area contributed by atoms with Gasteiger partial charge in [0.2, 0.25) is 11.1 Å². The molecule has 0 bridgehead atoms. The number of ether oxygens (including phenoxy) is 2. The summed E-state index contributed by atoms with van der Waals surface area (Å²) in [5, 5.41) is 11.4. The van der Waals surface area contributed by atoms with Crippen LogP contribution in [0.5, 0.6) is 5.75 Å². The standard InChI is InChI=1S/C16H20BrN5O3S/c17-11-3-1-4-12(7-11)25-9-14-20-21-16(22(14)18)26-10-15(23)19-8-13-5-2-6-24-13/h1,3-4,7,13H,2,5-6,8-10,18H2,(H,19,23)/t13-/m1/s1. The summed E-state index contributed by atoms with van der Waals surface area (Å²) < 4.78 is 13.4. The summed E-state index contributed by atoms with van der Waals surface area (Å²) in [7, 11) is 0. The minimum atomic E-state index is -0.0829. The fourth-order valence-corrected chi connectivity index (χ4v) is 3.51. The van der Waals surface area contributed by atoms with Crippen LogP contribution in [0, 0.1) is 0 Å². The number of hydrogen-bond acceptors (Lipinski definition) is 7. The van der Waals surface area contributed by atoms with Crippen molar-refractivity contribution in [3.05, 3.63) is 34.6 Å². The van der Waals surface area contributed by atoms with E-state index >= 15 is 0 Å². The third kappa shape index (κ3) is 5.36. The third-order valence-corrected chi connectivity index (χ3v) is 5.22. The first-order valence-electron chi connectivity index (χ1n) is 8.20. The topological polar surface area (TPSA) is 104 Å². The SMILES string of the molecule is Nn1c(COc2cccc(Br)c2)nnc1SCC(=O)NC[C@H]1CCCO1. The van der Waals surface area contributed by atoms with E-state index in [9.17, 15) is 4.79 Å². The zero-order valence-electron chi connectivity index (χ0n) is 14.1. The fourth-order valence-electron chi connectivity index (χ4n) is 2.42. The summed E-state index contributed by atoms with van der Waals surface area (Å²) in [5.74, 6) is 7.30. The van der Waals surface area contributed by atoms with Crippen molar-refractivity contribution in [3.8, 4) is 5.75 Å². The molecule has 1 aromatic carbocycles. The number of nitrogen functional groups attached to an aromatic ring is 1. The highest BCUT2D eigenvalue weighted by molar-refractivity contribution is 9.10. The molecule has 1 atom stereocenters. The van der Waals surface area contributed by atoms with Gasteiger partial charge in [-0.3, -0.25) is 4.79 Å². The number of amides is 1. The van der Waals surface area contributed by atoms with Crippen LogP contribution in [0.25, 0.3) is 0 Å². The summed E-state index contributed by atoms with van der Waals surface area (Å²) in [6.07, 6.45) is 2.17. The quantitative estimate of drug-likeness (QED) is 0.474. The average Bonchev–Trinajstić information content (AvgIpc) is 3.27. The Labute approximate surface area is 163 Å². The van der Waals surface area contributed by atoms with Crippen molar-refractivity contribution in [2.75, 3.05) is 24.7 Å². The smallest absolute Gasteiger partial charge is 0.230 e. The van der Waals surface area contributed by atoms with Gasteiger partial charge in [0.05, 0.1) is 11.9 Å². The second-order valence-corrected chi connectivity index (χ2v) is 7.60. The molecule has 0 aliphatic carbocycles. The van der Waals surface area contributed by atoms with Gasteiger partial charge >= 0.3 is 0 Å². The first-order valence-corrected chi connectivity index (χ1v) is 9.98. The van der Waals surface area contributed by atoms with Crippen LogP contribution in [0.3, 0.4) is 0 Å². The number of aromatic nitrogens is 3. The van der Waals surface area contributed by atoms with Crippen molar-refractivity contribution in [2.24, 2.45) is 0 Å². The summed E-state index contributed by atoms with van der Waals surface area (Å²) in [5.41, 5.74) is 0. The molecule has 1 aliphatic heterocycles. The van der Waals surface area contributed by atoms with Crippen LogP contribution in [0.4, 0.5) is 0 Å². The molecule has 2 heterocycles. The van der Waals surface area contributed by atoms with E-state index in [0.29, 0.717) is 23.3 Å². The predicted octanol–water partition coefficient (Wildman–Crippen LogP) is 1.72. The van der Waals surface area contributed by atoms with Crippen molar-refractivity contribution in [1.82, 2.24) is 20.2 Å². The molecule has 1 aliphatic rings. The number of thioether (sulfide) groups is 1. The lowest BCUT2D eigenvalue weighted by Crippen LogP contribution is -2.33. The van der Waals surface area contributed by atoms with Crippen molar-refractivity contribution in [1.29, 1.82) is 0 Å². The normalized spacial score (nSPS) is 16.6. The Bertz CT molecular complexity index is 751. The number of carbonyl (C=O) groups is 1. The van der Waals surface area contributed by atoms with E-state index in [0.717, 1.165) is 23.9 Å². The molecule has 26 heavy (non-hydrogen) atoms. The van der Waals surface area contributed by atoms with E-state index in [1.165, 1.54) is 16.4 Å². The summed E-state index contributed by atoms with van der Waals surface area (Å²) in [6, 6.07) is 7.49. The molecule has 1 saturated heterocycles. The second-order valence-electron chi connectivity index (χ2n) is 5.74. The summed E-state index contributed by atoms with van der Waals surface area (Å²) in [4.78, 5) is 11.9. The first-order chi connectivity index (χ1) is 12.6. The maximum atomic E-state index is 11.9. The van der Waals surface area contributed by atoms with Crippen LogP contribution in [0.2, 0.25) is 0 Å². The first kappa shape index (κ1) is 19.0. The molecule has 0 saturated carbocycles. The zero-order chi connectivity index (χ0) is 18.4. The fraction of sp³-hybridized carbons (Fsp3) is 0.438. The Morgan fingerprint density at radius 1 is 1.50 bits per heavy atom. The van der Waals surface area contributed by atoms with Gasteiger partial charge in [0.25, 0.3) is 0 Å². The van der Waals surface area contributed by atoms with Crippen LogP contribution < -0.4 is 15.9 Å². The zero-order valence-corrected chi connectivity index (χ0v) is 16.5. The van der Waals surface area contributed by atoms with Gasteiger partial charge in [-0.05, 0) is 31.0 Å². The molecule has 1 amide bonds. The van der Waals surface area contributed by atoms with Crippen LogP contribution in [0.15, 0.2) is 33.9 Å². The molecule has 3 N–H and O–H groups in total. The lowest BCUT2D eigenvalue weighted by Gasteiger charge is -2.10. The van der Waals surface area contributed by atoms with Crippen molar-refractivity contribution in [3.63, 3.8) is 0 Å². The molecule has 2 aromatic rings. The van der Waals surface area contributed by atoms with Crippen LogP contribution >= 0.6 is 27.7 Å². The van der Waals surface area contributed by atoms with Gasteiger partial charge in [-0.15, -0.1) is 10.2 Å². The molecule has 10 heteroatoms. The molecular formula is C16H20BrN5O3S. The van der Waals surface area contributed by atoms with Gasteiger partial charge in [-0.1, -0.05) is 33.8 Å². The van der Waals surface area contributed by atoms with E-state index in [-0.39, 0.29) is 24.4 Å². The second kappa shape index (κ2) is 9.24. The Balaban J connectivity index is 1.45. The minimum Gasteiger partial charge on any atom is -0.485 e. The van der Waals surface area contributed by atoms with Crippen molar-refractivity contribution in [2.45, 2.75) is 30.7 Å². The highest BCUT2D eigenvalue weighted by Crippen LogP contribution is 2.19. The van der Waals surface area contributed by atoms with Gasteiger partial charge < -0.3 is 20.6 Å². The summed E-state index contributed by atoms with van der Waals surface area (Å²) >= 11 is 4.62. The van der Waals surface area contributed by atoms with Crippen LogP contribution in [-0.4, -0.2) is 45.8 Å². The highest BCUT2D eigenvalue weighted by Gasteiger charge is 2.17. The Morgan fingerprint density at radius 2 is 2.38 bits per heavy atom. The molecule has 0 spiro atoms. The van der Waals surface area contributed by atoms with Gasteiger partial charge in [0, 0.05) is 17.6 Å². The molecule has 140 valence electrons. The molecule has 8 nitrogen and oxygen atoms in total. The molecule has 1 fully saturated rings. The van der Waals surface area contributed by atoms with Gasteiger partial charge in [0.1, 0.15) is 12.4 Å². The number of nitrogens with one attached hydrogen (secondary N) is 1. The summed E-state index contributed by atoms with van der Waals surface area (Å²) in [6.45, 7) is 1.50. The van der Waals surface area contributed by atoms with Crippen LogP contribution in [0.1, 0.15) is 18.7 Å².